The minimum atomic E-state index is -0.239. The van der Waals surface area contributed by atoms with Gasteiger partial charge >= 0.3 is 0 Å². The highest BCUT2D eigenvalue weighted by atomic mass is 19.1. The maximum absolute atomic E-state index is 13.0. The Kier molecular flexibility index (Phi) is 5.14. The van der Waals surface area contributed by atoms with Crippen LogP contribution in [0.15, 0.2) is 60.8 Å². The van der Waals surface area contributed by atoms with Crippen molar-refractivity contribution in [2.45, 2.75) is 19.4 Å². The molecule has 0 radical (unpaired) electrons. The van der Waals surface area contributed by atoms with E-state index in [0.717, 1.165) is 30.2 Å². The van der Waals surface area contributed by atoms with Crippen molar-refractivity contribution in [3.05, 3.63) is 72.2 Å². The summed E-state index contributed by atoms with van der Waals surface area (Å²) in [5.74, 6) is 1.01. The molecule has 1 fully saturated rings. The number of benzene rings is 2. The van der Waals surface area contributed by atoms with E-state index >= 15 is 0 Å². The van der Waals surface area contributed by atoms with Gasteiger partial charge in [-0.05, 0) is 60.9 Å². The number of rotatable bonds is 6. The molecule has 0 unspecified atom stereocenters. The Hall–Kier alpha value is -3.15. The van der Waals surface area contributed by atoms with Crippen molar-refractivity contribution in [3.8, 4) is 0 Å². The molecule has 2 heterocycles. The molecule has 0 amide bonds. The van der Waals surface area contributed by atoms with Crippen molar-refractivity contribution in [3.63, 3.8) is 0 Å². The smallest absolute Gasteiger partial charge is 0.224 e. The van der Waals surface area contributed by atoms with E-state index in [1.165, 1.54) is 30.7 Å². The summed E-state index contributed by atoms with van der Waals surface area (Å²) in [5.41, 5.74) is 3.22. The van der Waals surface area contributed by atoms with Crippen LogP contribution in [0.4, 0.5) is 27.5 Å². The van der Waals surface area contributed by atoms with E-state index in [-0.39, 0.29) is 5.82 Å². The van der Waals surface area contributed by atoms with Gasteiger partial charge < -0.3 is 15.5 Å². The van der Waals surface area contributed by atoms with E-state index in [2.05, 4.69) is 49.8 Å². The summed E-state index contributed by atoms with van der Waals surface area (Å²) in [4.78, 5) is 11.1. The maximum atomic E-state index is 13.0. The van der Waals surface area contributed by atoms with Crippen molar-refractivity contribution in [1.82, 2.24) is 9.97 Å². The molecule has 3 aromatic rings. The van der Waals surface area contributed by atoms with Crippen LogP contribution in [0.5, 0.6) is 0 Å². The predicted octanol–water partition coefficient (Wildman–Crippen LogP) is 4.57. The monoisotopic (exact) mass is 363 g/mol. The molecule has 5 nitrogen and oxygen atoms in total. The number of halogens is 1. The molecule has 138 valence electrons. The predicted molar refractivity (Wildman–Crippen MR) is 107 cm³/mol. The minimum absolute atomic E-state index is 0.239. The molecule has 0 atom stereocenters. The Morgan fingerprint density at radius 1 is 0.926 bits per heavy atom. The van der Waals surface area contributed by atoms with E-state index in [0.29, 0.717) is 12.5 Å². The summed E-state index contributed by atoms with van der Waals surface area (Å²) in [5, 5.41) is 6.47. The lowest BCUT2D eigenvalue weighted by molar-refractivity contribution is 0.627. The molecular formula is C21H22FN5. The van der Waals surface area contributed by atoms with Crippen LogP contribution < -0.4 is 15.5 Å². The zero-order valence-electron chi connectivity index (χ0n) is 15.0. The number of anilines is 4. The number of nitrogens with zero attached hydrogens (tertiary/aromatic N) is 3. The average Bonchev–Trinajstić information content (AvgIpc) is 3.23. The summed E-state index contributed by atoms with van der Waals surface area (Å²) < 4.78 is 13.0. The number of hydrogen-bond donors (Lipinski definition) is 2. The zero-order chi connectivity index (χ0) is 18.5. The van der Waals surface area contributed by atoms with Crippen LogP contribution in [0.2, 0.25) is 0 Å². The van der Waals surface area contributed by atoms with E-state index in [1.54, 1.807) is 18.3 Å². The fourth-order valence-electron chi connectivity index (χ4n) is 3.18. The molecule has 1 aliphatic rings. The molecule has 1 aliphatic heterocycles. The van der Waals surface area contributed by atoms with Gasteiger partial charge in [-0.15, -0.1) is 0 Å². The summed E-state index contributed by atoms with van der Waals surface area (Å²) in [6.45, 7) is 2.82. The van der Waals surface area contributed by atoms with Crippen LogP contribution in [-0.4, -0.2) is 23.1 Å². The molecule has 4 rings (SSSR count). The molecule has 0 bridgehead atoms. The zero-order valence-corrected chi connectivity index (χ0v) is 15.0. The van der Waals surface area contributed by atoms with Gasteiger partial charge in [-0.2, -0.15) is 4.98 Å². The Labute approximate surface area is 158 Å². The molecule has 1 aromatic heterocycles. The fourth-order valence-corrected chi connectivity index (χ4v) is 3.18. The normalized spacial score (nSPS) is 13.6. The van der Waals surface area contributed by atoms with Gasteiger partial charge in [0, 0.05) is 37.2 Å². The lowest BCUT2D eigenvalue weighted by Crippen LogP contribution is -2.17. The maximum Gasteiger partial charge on any atom is 0.224 e. The first-order valence-corrected chi connectivity index (χ1v) is 9.20. The highest BCUT2D eigenvalue weighted by molar-refractivity contribution is 5.61. The third-order valence-electron chi connectivity index (χ3n) is 4.63. The molecule has 2 N–H and O–H groups in total. The first-order valence-electron chi connectivity index (χ1n) is 9.20. The van der Waals surface area contributed by atoms with Crippen LogP contribution in [0.1, 0.15) is 18.4 Å². The van der Waals surface area contributed by atoms with Crippen LogP contribution in [0, 0.1) is 5.82 Å². The third-order valence-corrected chi connectivity index (χ3v) is 4.63. The van der Waals surface area contributed by atoms with Crippen LogP contribution >= 0.6 is 0 Å². The van der Waals surface area contributed by atoms with Gasteiger partial charge in [0.15, 0.2) is 0 Å². The van der Waals surface area contributed by atoms with Crippen molar-refractivity contribution in [2.75, 3.05) is 28.6 Å². The van der Waals surface area contributed by atoms with Gasteiger partial charge in [-0.1, -0.05) is 12.1 Å². The second kappa shape index (κ2) is 8.03. The average molecular weight is 363 g/mol. The Morgan fingerprint density at radius 2 is 1.67 bits per heavy atom. The van der Waals surface area contributed by atoms with E-state index in [1.807, 2.05) is 6.07 Å². The highest BCUT2D eigenvalue weighted by Gasteiger charge is 2.11. The standard InChI is InChI=1S/C21H22FN5/c22-17-5-3-16(4-6-17)15-24-21-23-12-11-20(26-21)25-18-7-9-19(10-8-18)27-13-1-2-14-27/h3-12H,1-2,13-15H2,(H2,23,24,25,26). The Morgan fingerprint density at radius 3 is 2.41 bits per heavy atom. The van der Waals surface area contributed by atoms with E-state index in [9.17, 15) is 4.39 Å². The largest absolute Gasteiger partial charge is 0.372 e. The van der Waals surface area contributed by atoms with E-state index < -0.39 is 0 Å². The quantitative estimate of drug-likeness (QED) is 0.672. The first-order chi connectivity index (χ1) is 13.3. The molecule has 2 aromatic carbocycles. The SMILES string of the molecule is Fc1ccc(CNc2nccc(Nc3ccc(N4CCCC4)cc3)n2)cc1. The van der Waals surface area contributed by atoms with Crippen molar-refractivity contribution in [1.29, 1.82) is 0 Å². The molecule has 0 saturated carbocycles. The first kappa shape index (κ1) is 17.3. The summed E-state index contributed by atoms with van der Waals surface area (Å²) in [7, 11) is 0. The summed E-state index contributed by atoms with van der Waals surface area (Å²) in [6, 6.07) is 16.6. The molecule has 1 saturated heterocycles. The van der Waals surface area contributed by atoms with Gasteiger partial charge in [0.05, 0.1) is 0 Å². The van der Waals surface area contributed by atoms with Crippen LogP contribution in [0.3, 0.4) is 0 Å². The van der Waals surface area contributed by atoms with Gasteiger partial charge in [0.2, 0.25) is 5.95 Å². The Balaban J connectivity index is 1.37. The fraction of sp³-hybridized carbons (Fsp3) is 0.238. The third kappa shape index (κ3) is 4.53. The van der Waals surface area contributed by atoms with Crippen molar-refractivity contribution < 1.29 is 4.39 Å². The lowest BCUT2D eigenvalue weighted by atomic mass is 10.2. The minimum Gasteiger partial charge on any atom is -0.372 e. The topological polar surface area (TPSA) is 53.1 Å². The second-order valence-electron chi connectivity index (χ2n) is 6.61. The van der Waals surface area contributed by atoms with Crippen LogP contribution in [0.25, 0.3) is 0 Å². The lowest BCUT2D eigenvalue weighted by Gasteiger charge is -2.18. The molecular weight excluding hydrogens is 341 g/mol. The van der Waals surface area contributed by atoms with Gasteiger partial charge in [0.1, 0.15) is 11.6 Å². The van der Waals surface area contributed by atoms with Gasteiger partial charge in [0.25, 0.3) is 0 Å². The van der Waals surface area contributed by atoms with E-state index in [4.69, 9.17) is 0 Å². The Bertz CT molecular complexity index is 874. The summed E-state index contributed by atoms with van der Waals surface area (Å²) >= 11 is 0. The number of hydrogen-bond acceptors (Lipinski definition) is 5. The highest BCUT2D eigenvalue weighted by Crippen LogP contribution is 2.23. The van der Waals surface area contributed by atoms with Crippen LogP contribution in [-0.2, 0) is 6.54 Å². The van der Waals surface area contributed by atoms with Crippen molar-refractivity contribution >= 4 is 23.1 Å². The molecule has 0 aliphatic carbocycles. The second-order valence-corrected chi connectivity index (χ2v) is 6.61. The van der Waals surface area contributed by atoms with Gasteiger partial charge in [-0.3, -0.25) is 0 Å². The molecule has 27 heavy (non-hydrogen) atoms. The number of nitrogens with one attached hydrogen (secondary N) is 2. The number of aromatic nitrogens is 2. The summed E-state index contributed by atoms with van der Waals surface area (Å²) in [6.07, 6.45) is 4.25. The van der Waals surface area contributed by atoms with Gasteiger partial charge in [-0.25, -0.2) is 9.37 Å². The molecule has 0 spiro atoms. The molecule has 6 heteroatoms. The van der Waals surface area contributed by atoms with Crippen molar-refractivity contribution in [2.24, 2.45) is 0 Å².